The Kier molecular flexibility index (Phi) is 2.34. The van der Waals surface area contributed by atoms with Crippen LogP contribution in [0, 0.1) is 0 Å². The fourth-order valence-corrected chi connectivity index (χ4v) is 1.66. The monoisotopic (exact) mass is 220 g/mol. The molecule has 2 amide bonds. The minimum Gasteiger partial charge on any atom is -0.269 e. The van der Waals surface area contributed by atoms with E-state index in [1.54, 1.807) is 20.8 Å². The summed E-state index contributed by atoms with van der Waals surface area (Å²) in [5.41, 5.74) is 0.993. The molecule has 0 aliphatic carbocycles. The maximum atomic E-state index is 11.8. The lowest BCUT2D eigenvalue weighted by atomic mass is 10.2. The van der Waals surface area contributed by atoms with Crippen molar-refractivity contribution in [3.63, 3.8) is 0 Å². The van der Waals surface area contributed by atoms with E-state index in [0.717, 1.165) is 0 Å². The molecular formula is C10H12N4O2. The molecule has 1 unspecified atom stereocenters. The smallest absolute Gasteiger partial charge is 0.257 e. The summed E-state index contributed by atoms with van der Waals surface area (Å²) in [6.45, 7) is 5.05. The molecular weight excluding hydrogens is 208 g/mol. The predicted molar refractivity (Wildman–Crippen MR) is 55.0 cm³/mol. The molecule has 84 valence electrons. The lowest BCUT2D eigenvalue weighted by Gasteiger charge is -2.20. The van der Waals surface area contributed by atoms with Crippen LogP contribution in [-0.4, -0.2) is 31.9 Å². The number of rotatable bonds is 2. The summed E-state index contributed by atoms with van der Waals surface area (Å²) in [5.74, 6) is -0.0120. The molecule has 0 radical (unpaired) electrons. The third-order valence-corrected chi connectivity index (χ3v) is 2.86. The number of nitrogens with one attached hydrogen (secondary N) is 1. The molecule has 1 N–H and O–H groups in total. The first kappa shape index (κ1) is 10.5. The topological polar surface area (TPSA) is 79.0 Å². The molecule has 0 bridgehead atoms. The molecule has 6 nitrogen and oxygen atoms in total. The van der Waals surface area contributed by atoms with Gasteiger partial charge < -0.3 is 0 Å². The van der Waals surface area contributed by atoms with Crippen LogP contribution in [0.1, 0.15) is 32.6 Å². The lowest BCUT2D eigenvalue weighted by molar-refractivity contribution is -0.140. The first-order chi connectivity index (χ1) is 7.54. The molecule has 2 heterocycles. The molecule has 0 spiro atoms. The summed E-state index contributed by atoms with van der Waals surface area (Å²) in [7, 11) is 0. The average molecular weight is 220 g/mol. The maximum Gasteiger partial charge on any atom is 0.257 e. The van der Waals surface area contributed by atoms with Gasteiger partial charge in [0.1, 0.15) is 12.2 Å². The number of H-pyrrole nitrogens is 1. The molecule has 0 saturated heterocycles. The highest BCUT2D eigenvalue weighted by Gasteiger charge is 2.37. The van der Waals surface area contributed by atoms with E-state index in [-0.39, 0.29) is 11.8 Å². The minimum absolute atomic E-state index is 0.258. The Morgan fingerprint density at radius 3 is 2.25 bits per heavy atom. The van der Waals surface area contributed by atoms with Crippen LogP contribution in [0.4, 0.5) is 0 Å². The van der Waals surface area contributed by atoms with Crippen molar-refractivity contribution in [1.82, 2.24) is 20.1 Å². The second-order valence-corrected chi connectivity index (χ2v) is 3.78. The zero-order valence-corrected chi connectivity index (χ0v) is 9.31. The first-order valence-corrected chi connectivity index (χ1v) is 4.94. The highest BCUT2D eigenvalue weighted by molar-refractivity contribution is 6.18. The molecule has 1 aliphatic rings. The normalized spacial score (nSPS) is 18.6. The van der Waals surface area contributed by atoms with Crippen LogP contribution in [0.2, 0.25) is 0 Å². The average Bonchev–Trinajstić information content (AvgIpc) is 2.84. The summed E-state index contributed by atoms with van der Waals surface area (Å²) in [6.07, 6.45) is 1.35. The third kappa shape index (κ3) is 1.34. The van der Waals surface area contributed by atoms with Crippen LogP contribution in [0.3, 0.4) is 0 Å². The van der Waals surface area contributed by atoms with E-state index in [9.17, 15) is 9.59 Å². The number of carbonyl (C=O) groups excluding carboxylic acids is 2. The number of carbonyl (C=O) groups is 2. The summed E-state index contributed by atoms with van der Waals surface area (Å²) in [6, 6.07) is -0.421. The number of amides is 2. The molecule has 0 aromatic carbocycles. The third-order valence-electron chi connectivity index (χ3n) is 2.86. The van der Waals surface area contributed by atoms with Gasteiger partial charge in [-0.3, -0.25) is 19.6 Å². The molecule has 1 aromatic rings. The van der Waals surface area contributed by atoms with Gasteiger partial charge >= 0.3 is 0 Å². The SMILES string of the molecule is CC1=C(C)C(=O)N(C(C)c2ncn[nH]2)C1=O. The van der Waals surface area contributed by atoms with Crippen LogP contribution in [0.15, 0.2) is 17.5 Å². The molecule has 1 atom stereocenters. The maximum absolute atomic E-state index is 11.8. The van der Waals surface area contributed by atoms with E-state index in [4.69, 9.17) is 0 Å². The van der Waals surface area contributed by atoms with Gasteiger partial charge in [0.25, 0.3) is 11.8 Å². The zero-order chi connectivity index (χ0) is 11.9. The molecule has 1 aromatic heterocycles. The predicted octanol–water partition coefficient (Wildman–Crippen LogP) is 0.571. The number of hydrogen-bond acceptors (Lipinski definition) is 4. The Bertz CT molecular complexity index is 451. The van der Waals surface area contributed by atoms with Gasteiger partial charge in [-0.2, -0.15) is 5.10 Å². The zero-order valence-electron chi connectivity index (χ0n) is 9.31. The van der Waals surface area contributed by atoms with Crippen molar-refractivity contribution in [1.29, 1.82) is 0 Å². The Hall–Kier alpha value is -1.98. The van der Waals surface area contributed by atoms with E-state index < -0.39 is 6.04 Å². The van der Waals surface area contributed by atoms with Gasteiger partial charge in [0.15, 0.2) is 0 Å². The van der Waals surface area contributed by atoms with Gasteiger partial charge in [-0.15, -0.1) is 0 Å². The highest BCUT2D eigenvalue weighted by atomic mass is 16.2. The Morgan fingerprint density at radius 2 is 1.81 bits per heavy atom. The van der Waals surface area contributed by atoms with E-state index in [1.807, 2.05) is 0 Å². The second kappa shape index (κ2) is 3.55. The van der Waals surface area contributed by atoms with Gasteiger partial charge in [0.2, 0.25) is 0 Å². The lowest BCUT2D eigenvalue weighted by Crippen LogP contribution is -2.34. The Morgan fingerprint density at radius 1 is 1.25 bits per heavy atom. The van der Waals surface area contributed by atoms with Crippen molar-refractivity contribution in [3.05, 3.63) is 23.3 Å². The quantitative estimate of drug-likeness (QED) is 0.739. The number of aromatic amines is 1. The molecule has 6 heteroatoms. The molecule has 0 fully saturated rings. The van der Waals surface area contributed by atoms with Gasteiger partial charge in [-0.1, -0.05) is 0 Å². The van der Waals surface area contributed by atoms with Crippen molar-refractivity contribution >= 4 is 11.8 Å². The molecule has 2 rings (SSSR count). The summed E-state index contributed by atoms with van der Waals surface area (Å²) >= 11 is 0. The molecule has 0 saturated carbocycles. The molecule has 16 heavy (non-hydrogen) atoms. The largest absolute Gasteiger partial charge is 0.269 e. The van der Waals surface area contributed by atoms with E-state index in [1.165, 1.54) is 11.2 Å². The second-order valence-electron chi connectivity index (χ2n) is 3.78. The van der Waals surface area contributed by atoms with Crippen LogP contribution in [-0.2, 0) is 9.59 Å². The first-order valence-electron chi connectivity index (χ1n) is 4.94. The van der Waals surface area contributed by atoms with Gasteiger partial charge in [-0.25, -0.2) is 4.98 Å². The summed E-state index contributed by atoms with van der Waals surface area (Å²) < 4.78 is 0. The van der Waals surface area contributed by atoms with E-state index in [2.05, 4.69) is 15.2 Å². The van der Waals surface area contributed by atoms with Crippen molar-refractivity contribution in [2.24, 2.45) is 0 Å². The van der Waals surface area contributed by atoms with E-state index >= 15 is 0 Å². The van der Waals surface area contributed by atoms with Crippen molar-refractivity contribution in [3.8, 4) is 0 Å². The Balaban J connectivity index is 2.32. The summed E-state index contributed by atoms with van der Waals surface area (Å²) in [5, 5.41) is 6.36. The highest BCUT2D eigenvalue weighted by Crippen LogP contribution is 2.27. The van der Waals surface area contributed by atoms with Crippen LogP contribution in [0.25, 0.3) is 0 Å². The van der Waals surface area contributed by atoms with Gasteiger partial charge in [0, 0.05) is 11.1 Å². The van der Waals surface area contributed by atoms with Crippen molar-refractivity contribution < 1.29 is 9.59 Å². The number of nitrogens with zero attached hydrogens (tertiary/aromatic N) is 3. The summed E-state index contributed by atoms with van der Waals surface area (Å²) in [4.78, 5) is 28.8. The fraction of sp³-hybridized carbons (Fsp3) is 0.400. The number of hydrogen-bond donors (Lipinski definition) is 1. The minimum atomic E-state index is -0.421. The van der Waals surface area contributed by atoms with Gasteiger partial charge in [0.05, 0.1) is 6.04 Å². The number of imide groups is 1. The molecule has 1 aliphatic heterocycles. The van der Waals surface area contributed by atoms with Crippen LogP contribution >= 0.6 is 0 Å². The van der Waals surface area contributed by atoms with Gasteiger partial charge in [-0.05, 0) is 20.8 Å². The standard InChI is InChI=1S/C10H12N4O2/c1-5-6(2)10(16)14(9(5)15)7(3)8-11-4-12-13-8/h4,7H,1-3H3,(H,11,12,13). The van der Waals surface area contributed by atoms with E-state index in [0.29, 0.717) is 17.0 Å². The van der Waals surface area contributed by atoms with Crippen LogP contribution in [0.5, 0.6) is 0 Å². The number of aromatic nitrogens is 3. The van der Waals surface area contributed by atoms with Crippen molar-refractivity contribution in [2.75, 3.05) is 0 Å². The van der Waals surface area contributed by atoms with Crippen LogP contribution < -0.4 is 0 Å². The Labute approximate surface area is 92.4 Å². The fourth-order valence-electron chi connectivity index (χ4n) is 1.66. The van der Waals surface area contributed by atoms with Crippen molar-refractivity contribution in [2.45, 2.75) is 26.8 Å².